The molecule has 142 valence electrons. The van der Waals surface area contributed by atoms with E-state index in [0.29, 0.717) is 37.4 Å². The highest BCUT2D eigenvalue weighted by Crippen LogP contribution is 2.16. The number of hydrogen-bond donors (Lipinski definition) is 1. The molecule has 0 spiro atoms. The summed E-state index contributed by atoms with van der Waals surface area (Å²) in [5.74, 6) is 0.426. The third kappa shape index (κ3) is 5.03. The first kappa shape index (κ1) is 18.8. The van der Waals surface area contributed by atoms with E-state index >= 15 is 0 Å². The van der Waals surface area contributed by atoms with Crippen molar-refractivity contribution in [2.45, 2.75) is 32.7 Å². The third-order valence-corrected chi connectivity index (χ3v) is 4.78. The van der Waals surface area contributed by atoms with Crippen molar-refractivity contribution in [3.63, 3.8) is 0 Å². The van der Waals surface area contributed by atoms with Gasteiger partial charge in [0.25, 0.3) is 11.8 Å². The minimum atomic E-state index is -0.146. The SMILES string of the molecule is Cc1ccc(OCC(=O)NC2CCN(C(=O)c3cnccn3)CC2)cc1C. The Labute approximate surface area is 158 Å². The molecule has 7 heteroatoms. The molecule has 0 radical (unpaired) electrons. The number of nitrogens with one attached hydrogen (secondary N) is 1. The van der Waals surface area contributed by atoms with Gasteiger partial charge in [0.15, 0.2) is 6.61 Å². The largest absolute Gasteiger partial charge is 0.484 e. The van der Waals surface area contributed by atoms with Gasteiger partial charge in [-0.05, 0) is 49.9 Å². The van der Waals surface area contributed by atoms with Gasteiger partial charge in [-0.25, -0.2) is 4.98 Å². The monoisotopic (exact) mass is 368 g/mol. The molecule has 2 aromatic rings. The molecule has 1 aromatic carbocycles. The lowest BCUT2D eigenvalue weighted by Crippen LogP contribution is -2.47. The molecule has 7 nitrogen and oxygen atoms in total. The van der Waals surface area contributed by atoms with Crippen LogP contribution in [0.5, 0.6) is 5.75 Å². The van der Waals surface area contributed by atoms with Crippen LogP contribution in [0.3, 0.4) is 0 Å². The highest BCUT2D eigenvalue weighted by atomic mass is 16.5. The summed E-state index contributed by atoms with van der Waals surface area (Å²) < 4.78 is 5.57. The highest BCUT2D eigenvalue weighted by molar-refractivity contribution is 5.92. The second-order valence-corrected chi connectivity index (χ2v) is 6.76. The summed E-state index contributed by atoms with van der Waals surface area (Å²) >= 11 is 0. The number of aryl methyl sites for hydroxylation is 2. The van der Waals surface area contributed by atoms with E-state index in [1.165, 1.54) is 18.0 Å². The van der Waals surface area contributed by atoms with Gasteiger partial charge in [0, 0.05) is 31.5 Å². The zero-order valence-corrected chi connectivity index (χ0v) is 15.6. The van der Waals surface area contributed by atoms with Crippen LogP contribution in [0.4, 0.5) is 0 Å². The fourth-order valence-corrected chi connectivity index (χ4v) is 3.02. The molecule has 0 atom stereocenters. The number of carbonyl (C=O) groups is 2. The molecular formula is C20H24N4O3. The molecule has 1 aliphatic heterocycles. The van der Waals surface area contributed by atoms with E-state index in [2.05, 4.69) is 15.3 Å². The minimum absolute atomic E-state index is 0.0126. The number of aromatic nitrogens is 2. The fraction of sp³-hybridized carbons (Fsp3) is 0.400. The number of amides is 2. The molecule has 0 saturated carbocycles. The van der Waals surface area contributed by atoms with Crippen LogP contribution in [0.1, 0.15) is 34.5 Å². The van der Waals surface area contributed by atoms with Crippen LogP contribution in [0.2, 0.25) is 0 Å². The van der Waals surface area contributed by atoms with E-state index in [0.717, 1.165) is 5.56 Å². The molecule has 1 fully saturated rings. The summed E-state index contributed by atoms with van der Waals surface area (Å²) in [7, 11) is 0. The van der Waals surface area contributed by atoms with Crippen molar-refractivity contribution < 1.29 is 14.3 Å². The first-order chi connectivity index (χ1) is 13.0. The normalized spacial score (nSPS) is 14.7. The van der Waals surface area contributed by atoms with E-state index in [-0.39, 0.29) is 24.5 Å². The number of likely N-dealkylation sites (tertiary alicyclic amines) is 1. The summed E-state index contributed by atoms with van der Waals surface area (Å²) in [6.07, 6.45) is 5.94. The van der Waals surface area contributed by atoms with Crippen molar-refractivity contribution in [1.29, 1.82) is 0 Å². The van der Waals surface area contributed by atoms with Crippen molar-refractivity contribution in [3.05, 3.63) is 53.6 Å². The van der Waals surface area contributed by atoms with Crippen molar-refractivity contribution in [3.8, 4) is 5.75 Å². The minimum Gasteiger partial charge on any atom is -0.484 e. The van der Waals surface area contributed by atoms with Gasteiger partial charge >= 0.3 is 0 Å². The Morgan fingerprint density at radius 3 is 2.63 bits per heavy atom. The van der Waals surface area contributed by atoms with Gasteiger partial charge in [0.05, 0.1) is 6.20 Å². The molecule has 1 aromatic heterocycles. The molecule has 0 aliphatic carbocycles. The Hall–Kier alpha value is -2.96. The first-order valence-corrected chi connectivity index (χ1v) is 9.07. The second kappa shape index (κ2) is 8.62. The molecule has 1 saturated heterocycles. The maximum atomic E-state index is 12.4. The van der Waals surface area contributed by atoms with Crippen molar-refractivity contribution in [2.75, 3.05) is 19.7 Å². The first-order valence-electron chi connectivity index (χ1n) is 9.07. The zero-order chi connectivity index (χ0) is 19.2. The second-order valence-electron chi connectivity index (χ2n) is 6.76. The van der Waals surface area contributed by atoms with Crippen LogP contribution in [0.15, 0.2) is 36.8 Å². The Morgan fingerprint density at radius 1 is 1.19 bits per heavy atom. The van der Waals surface area contributed by atoms with Gasteiger partial charge in [-0.2, -0.15) is 0 Å². The maximum absolute atomic E-state index is 12.4. The Morgan fingerprint density at radius 2 is 1.96 bits per heavy atom. The van der Waals surface area contributed by atoms with E-state index in [9.17, 15) is 9.59 Å². The number of benzene rings is 1. The van der Waals surface area contributed by atoms with Crippen LogP contribution in [0.25, 0.3) is 0 Å². The summed E-state index contributed by atoms with van der Waals surface area (Å²) in [5.41, 5.74) is 2.67. The molecule has 1 N–H and O–H groups in total. The molecular weight excluding hydrogens is 344 g/mol. The third-order valence-electron chi connectivity index (χ3n) is 4.78. The molecule has 0 bridgehead atoms. The molecule has 2 amide bonds. The van der Waals surface area contributed by atoms with E-state index in [1.54, 1.807) is 11.1 Å². The van der Waals surface area contributed by atoms with Gasteiger partial charge in [-0.1, -0.05) is 6.07 Å². The standard InChI is InChI=1S/C20H24N4O3/c1-14-3-4-17(11-15(14)2)27-13-19(25)23-16-5-9-24(10-6-16)20(26)18-12-21-7-8-22-18/h3-4,7-8,11-12,16H,5-6,9-10,13H2,1-2H3,(H,23,25). The molecule has 0 unspecified atom stereocenters. The van der Waals surface area contributed by atoms with Gasteiger partial charge < -0.3 is 15.0 Å². The quantitative estimate of drug-likeness (QED) is 0.871. The lowest BCUT2D eigenvalue weighted by atomic mass is 10.0. The molecule has 1 aliphatic rings. The number of rotatable bonds is 5. The zero-order valence-electron chi connectivity index (χ0n) is 15.6. The summed E-state index contributed by atoms with van der Waals surface area (Å²) in [4.78, 5) is 34.2. The van der Waals surface area contributed by atoms with Crippen LogP contribution < -0.4 is 10.1 Å². The van der Waals surface area contributed by atoms with Gasteiger partial charge in [-0.15, -0.1) is 0 Å². The van der Waals surface area contributed by atoms with E-state index in [4.69, 9.17) is 4.74 Å². The highest BCUT2D eigenvalue weighted by Gasteiger charge is 2.25. The Balaban J connectivity index is 1.42. The predicted octanol–water partition coefficient (Wildman–Crippen LogP) is 1.89. The Bertz CT molecular complexity index is 802. The maximum Gasteiger partial charge on any atom is 0.274 e. The van der Waals surface area contributed by atoms with Crippen LogP contribution in [-0.2, 0) is 4.79 Å². The van der Waals surface area contributed by atoms with Gasteiger partial charge in [0.1, 0.15) is 11.4 Å². The fourth-order valence-electron chi connectivity index (χ4n) is 3.02. The number of hydrogen-bond acceptors (Lipinski definition) is 5. The summed E-state index contributed by atoms with van der Waals surface area (Å²) in [5, 5.41) is 2.98. The van der Waals surface area contributed by atoms with E-state index in [1.807, 2.05) is 32.0 Å². The predicted molar refractivity (Wildman–Crippen MR) is 101 cm³/mol. The Kier molecular flexibility index (Phi) is 6.01. The van der Waals surface area contributed by atoms with Gasteiger partial charge in [-0.3, -0.25) is 14.6 Å². The molecule has 27 heavy (non-hydrogen) atoms. The van der Waals surface area contributed by atoms with Crippen molar-refractivity contribution in [2.24, 2.45) is 0 Å². The number of carbonyl (C=O) groups excluding carboxylic acids is 2. The number of piperidine rings is 1. The summed E-state index contributed by atoms with van der Waals surface area (Å²) in [6.45, 7) is 5.20. The molecule has 3 rings (SSSR count). The van der Waals surface area contributed by atoms with E-state index < -0.39 is 0 Å². The lowest BCUT2D eigenvalue weighted by molar-refractivity contribution is -0.124. The van der Waals surface area contributed by atoms with Crippen LogP contribution in [0, 0.1) is 13.8 Å². The van der Waals surface area contributed by atoms with Crippen molar-refractivity contribution in [1.82, 2.24) is 20.2 Å². The number of nitrogens with zero attached hydrogens (tertiary/aromatic N) is 3. The van der Waals surface area contributed by atoms with Crippen LogP contribution >= 0.6 is 0 Å². The molecule has 2 heterocycles. The lowest BCUT2D eigenvalue weighted by Gasteiger charge is -2.32. The average Bonchev–Trinajstić information content (AvgIpc) is 2.69. The average molecular weight is 368 g/mol. The van der Waals surface area contributed by atoms with Crippen LogP contribution in [-0.4, -0.2) is 52.4 Å². The smallest absolute Gasteiger partial charge is 0.274 e. The topological polar surface area (TPSA) is 84.4 Å². The van der Waals surface area contributed by atoms with Gasteiger partial charge in [0.2, 0.25) is 0 Å². The number of ether oxygens (including phenoxy) is 1. The summed E-state index contributed by atoms with van der Waals surface area (Å²) in [6, 6.07) is 5.82. The van der Waals surface area contributed by atoms with Crippen molar-refractivity contribution >= 4 is 11.8 Å².